The minimum atomic E-state index is -0.228. The summed E-state index contributed by atoms with van der Waals surface area (Å²) in [6, 6.07) is 13.3. The summed E-state index contributed by atoms with van der Waals surface area (Å²) < 4.78 is 11.7. The Hall–Kier alpha value is -2.44. The van der Waals surface area contributed by atoms with E-state index in [9.17, 15) is 9.59 Å². The van der Waals surface area contributed by atoms with Gasteiger partial charge in [-0.2, -0.15) is 0 Å². The van der Waals surface area contributed by atoms with E-state index in [1.807, 2.05) is 37.3 Å². The lowest BCUT2D eigenvalue weighted by Gasteiger charge is -2.25. The molecule has 0 radical (unpaired) electrons. The van der Waals surface area contributed by atoms with Crippen molar-refractivity contribution in [2.75, 3.05) is 13.2 Å². The van der Waals surface area contributed by atoms with E-state index in [1.54, 1.807) is 18.2 Å². The quantitative estimate of drug-likeness (QED) is 0.379. The number of carbonyl (C=O) groups is 2. The van der Waals surface area contributed by atoms with Gasteiger partial charge in [-0.1, -0.05) is 61.2 Å². The Labute approximate surface area is 204 Å². The molecule has 2 aromatic carbocycles. The summed E-state index contributed by atoms with van der Waals surface area (Å²) in [5, 5.41) is 0.195. The topological polar surface area (TPSA) is 55.8 Å². The Morgan fingerprint density at radius 1 is 1.09 bits per heavy atom. The molecule has 1 heterocycles. The third-order valence-corrected chi connectivity index (χ3v) is 7.08. The molecule has 0 spiro atoms. The molecule has 0 bridgehead atoms. The molecule has 0 N–H and O–H groups in total. The standard InChI is InChI=1S/C26H28ClNO4S/c1-2-31-22-14-20(13-21(27)24(22)32-17-19-11-7-4-8-12-19)15-23-25(29)28(26(30)33-23)16-18-9-5-3-6-10-18/h4,7-8,11-15,18H,2-3,5-6,9-10,16-17H2,1H3/b23-15+. The van der Waals surface area contributed by atoms with E-state index < -0.39 is 0 Å². The lowest BCUT2D eigenvalue weighted by atomic mass is 9.89. The maximum absolute atomic E-state index is 12.9. The van der Waals surface area contributed by atoms with Gasteiger partial charge in [0.2, 0.25) is 0 Å². The summed E-state index contributed by atoms with van der Waals surface area (Å²) in [7, 11) is 0. The number of amides is 2. The molecule has 0 aromatic heterocycles. The Balaban J connectivity index is 1.52. The summed E-state index contributed by atoms with van der Waals surface area (Å²) in [5.41, 5.74) is 1.71. The molecule has 4 rings (SSSR count). The van der Waals surface area contributed by atoms with E-state index in [2.05, 4.69) is 0 Å². The predicted octanol–water partition coefficient (Wildman–Crippen LogP) is 6.93. The molecule has 1 saturated heterocycles. The highest BCUT2D eigenvalue weighted by Crippen LogP contribution is 2.40. The highest BCUT2D eigenvalue weighted by Gasteiger charge is 2.36. The van der Waals surface area contributed by atoms with E-state index >= 15 is 0 Å². The average molecular weight is 486 g/mol. The first-order valence-corrected chi connectivity index (χ1v) is 12.6. The average Bonchev–Trinajstić information content (AvgIpc) is 3.07. The molecular weight excluding hydrogens is 458 g/mol. The number of carbonyl (C=O) groups excluding carboxylic acids is 2. The molecule has 2 fully saturated rings. The second kappa shape index (κ2) is 11.1. The molecule has 2 amide bonds. The monoisotopic (exact) mass is 485 g/mol. The van der Waals surface area contributed by atoms with Gasteiger partial charge in [0, 0.05) is 6.54 Å². The zero-order valence-corrected chi connectivity index (χ0v) is 20.3. The van der Waals surface area contributed by atoms with Crippen LogP contribution in [-0.2, 0) is 11.4 Å². The van der Waals surface area contributed by atoms with Crippen LogP contribution in [0.5, 0.6) is 11.5 Å². The van der Waals surface area contributed by atoms with Crippen LogP contribution in [0, 0.1) is 5.92 Å². The van der Waals surface area contributed by atoms with Gasteiger partial charge >= 0.3 is 0 Å². The summed E-state index contributed by atoms with van der Waals surface area (Å²) in [6.07, 6.45) is 7.47. The fourth-order valence-electron chi connectivity index (χ4n) is 4.24. The van der Waals surface area contributed by atoms with Crippen molar-refractivity contribution in [3.8, 4) is 11.5 Å². The molecule has 33 heavy (non-hydrogen) atoms. The van der Waals surface area contributed by atoms with Crippen molar-refractivity contribution in [1.29, 1.82) is 0 Å². The molecule has 2 aliphatic rings. The second-order valence-electron chi connectivity index (χ2n) is 8.33. The minimum Gasteiger partial charge on any atom is -0.490 e. The zero-order chi connectivity index (χ0) is 23.2. The van der Waals surface area contributed by atoms with E-state index in [0.717, 1.165) is 30.2 Å². The number of benzene rings is 2. The molecule has 174 valence electrons. The van der Waals surface area contributed by atoms with Gasteiger partial charge in [-0.3, -0.25) is 14.5 Å². The van der Waals surface area contributed by atoms with Crippen molar-refractivity contribution < 1.29 is 19.1 Å². The fraction of sp³-hybridized carbons (Fsp3) is 0.385. The molecule has 7 heteroatoms. The van der Waals surface area contributed by atoms with Gasteiger partial charge in [0.05, 0.1) is 16.5 Å². The van der Waals surface area contributed by atoms with Crippen molar-refractivity contribution >= 4 is 40.6 Å². The Kier molecular flexibility index (Phi) is 7.99. The molecule has 2 aromatic rings. The van der Waals surface area contributed by atoms with Crippen LogP contribution < -0.4 is 9.47 Å². The van der Waals surface area contributed by atoms with Crippen LogP contribution in [0.15, 0.2) is 47.4 Å². The Morgan fingerprint density at radius 3 is 2.58 bits per heavy atom. The number of ether oxygens (including phenoxy) is 2. The van der Waals surface area contributed by atoms with E-state index in [1.165, 1.54) is 24.2 Å². The molecule has 1 aliphatic carbocycles. The zero-order valence-electron chi connectivity index (χ0n) is 18.7. The number of hydrogen-bond acceptors (Lipinski definition) is 5. The molecule has 5 nitrogen and oxygen atoms in total. The molecule has 1 aliphatic heterocycles. The largest absolute Gasteiger partial charge is 0.490 e. The highest BCUT2D eigenvalue weighted by atomic mass is 35.5. The van der Waals surface area contributed by atoms with Crippen LogP contribution in [0.2, 0.25) is 5.02 Å². The molecule has 0 unspecified atom stereocenters. The minimum absolute atomic E-state index is 0.198. The maximum Gasteiger partial charge on any atom is 0.293 e. The number of nitrogens with zero attached hydrogens (tertiary/aromatic N) is 1. The van der Waals surface area contributed by atoms with Gasteiger partial charge in [-0.25, -0.2) is 0 Å². The van der Waals surface area contributed by atoms with E-state index in [-0.39, 0.29) is 11.1 Å². The van der Waals surface area contributed by atoms with Crippen molar-refractivity contribution in [2.24, 2.45) is 5.92 Å². The van der Waals surface area contributed by atoms with Crippen molar-refractivity contribution in [3.05, 3.63) is 63.5 Å². The summed E-state index contributed by atoms with van der Waals surface area (Å²) in [6.45, 7) is 3.21. The SMILES string of the molecule is CCOc1cc(/C=C2/SC(=O)N(CC3CCCCC3)C2=O)cc(Cl)c1OCc1ccccc1. The highest BCUT2D eigenvalue weighted by molar-refractivity contribution is 8.18. The van der Waals surface area contributed by atoms with Crippen molar-refractivity contribution in [1.82, 2.24) is 4.90 Å². The third-order valence-electron chi connectivity index (χ3n) is 5.89. The van der Waals surface area contributed by atoms with Crippen LogP contribution in [0.25, 0.3) is 6.08 Å². The van der Waals surface area contributed by atoms with E-state index in [4.69, 9.17) is 21.1 Å². The van der Waals surface area contributed by atoms with Crippen LogP contribution in [0.1, 0.15) is 50.2 Å². The van der Waals surface area contributed by atoms with E-state index in [0.29, 0.717) is 52.7 Å². The summed E-state index contributed by atoms with van der Waals surface area (Å²) in [5.74, 6) is 1.15. The molecular formula is C26H28ClNO4S. The normalized spacial score (nSPS) is 18.2. The summed E-state index contributed by atoms with van der Waals surface area (Å²) >= 11 is 7.53. The number of imide groups is 1. The Bertz CT molecular complexity index is 1030. The summed E-state index contributed by atoms with van der Waals surface area (Å²) in [4.78, 5) is 27.3. The van der Waals surface area contributed by atoms with Gasteiger partial charge in [-0.05, 0) is 66.8 Å². The van der Waals surface area contributed by atoms with Gasteiger partial charge in [-0.15, -0.1) is 0 Å². The first-order valence-electron chi connectivity index (χ1n) is 11.4. The molecule has 0 atom stereocenters. The Morgan fingerprint density at radius 2 is 1.85 bits per heavy atom. The van der Waals surface area contributed by atoms with Crippen LogP contribution in [0.4, 0.5) is 4.79 Å². The van der Waals surface area contributed by atoms with Crippen molar-refractivity contribution in [2.45, 2.75) is 45.6 Å². The first kappa shape index (κ1) is 23.7. The number of thioether (sulfide) groups is 1. The van der Waals surface area contributed by atoms with Crippen LogP contribution in [-0.4, -0.2) is 29.2 Å². The van der Waals surface area contributed by atoms with Crippen molar-refractivity contribution in [3.63, 3.8) is 0 Å². The van der Waals surface area contributed by atoms with Gasteiger partial charge in [0.25, 0.3) is 11.1 Å². The lowest BCUT2D eigenvalue weighted by Crippen LogP contribution is -2.34. The first-order chi connectivity index (χ1) is 16.0. The fourth-order valence-corrected chi connectivity index (χ4v) is 5.36. The van der Waals surface area contributed by atoms with Gasteiger partial charge in [0.1, 0.15) is 6.61 Å². The third kappa shape index (κ3) is 5.92. The van der Waals surface area contributed by atoms with Crippen LogP contribution >= 0.6 is 23.4 Å². The molecule has 1 saturated carbocycles. The maximum atomic E-state index is 12.9. The number of hydrogen-bond donors (Lipinski definition) is 0. The van der Waals surface area contributed by atoms with Gasteiger partial charge < -0.3 is 9.47 Å². The number of rotatable bonds is 8. The van der Waals surface area contributed by atoms with Gasteiger partial charge in [0.15, 0.2) is 11.5 Å². The smallest absolute Gasteiger partial charge is 0.293 e. The second-order valence-corrected chi connectivity index (χ2v) is 9.73. The van der Waals surface area contributed by atoms with Crippen LogP contribution in [0.3, 0.4) is 0 Å². The predicted molar refractivity (Wildman–Crippen MR) is 133 cm³/mol. The lowest BCUT2D eigenvalue weighted by molar-refractivity contribution is -0.123. The number of halogens is 1.